The van der Waals surface area contributed by atoms with Gasteiger partial charge in [-0.25, -0.2) is 4.79 Å². The Balaban J connectivity index is 2.11. The largest absolute Gasteiger partial charge is 0.486 e. The summed E-state index contributed by atoms with van der Waals surface area (Å²) in [5.74, 6) is 0.372. The Morgan fingerprint density at radius 2 is 2.28 bits per heavy atom. The number of hydrogen-bond donors (Lipinski definition) is 1. The van der Waals surface area contributed by atoms with Gasteiger partial charge >= 0.3 is 5.97 Å². The number of ether oxygens (including phenoxy) is 2. The molecule has 0 radical (unpaired) electrons. The van der Waals surface area contributed by atoms with Crippen LogP contribution in [-0.4, -0.2) is 31.8 Å². The van der Waals surface area contributed by atoms with Crippen molar-refractivity contribution in [2.45, 2.75) is 25.4 Å². The summed E-state index contributed by atoms with van der Waals surface area (Å²) in [6, 6.07) is 7.12. The number of esters is 1. The molecule has 0 bridgehead atoms. The Kier molecular flexibility index (Phi) is 3.87. The molecule has 2 rings (SSSR count). The molecule has 1 aromatic carbocycles. The van der Waals surface area contributed by atoms with Crippen molar-refractivity contribution in [2.24, 2.45) is 0 Å². The zero-order valence-corrected chi connectivity index (χ0v) is 10.9. The average Bonchev–Trinajstić information content (AvgIpc) is 2.38. The number of carbonyl (C=O) groups excluding carboxylic acids is 1. The van der Waals surface area contributed by atoms with Gasteiger partial charge in [0.25, 0.3) is 0 Å². The van der Waals surface area contributed by atoms with Gasteiger partial charge in [-0.1, -0.05) is 6.07 Å². The fraction of sp³-hybridized carbons (Fsp3) is 0.500. The van der Waals surface area contributed by atoms with Crippen molar-refractivity contribution in [1.29, 1.82) is 0 Å². The van der Waals surface area contributed by atoms with Crippen molar-refractivity contribution in [3.05, 3.63) is 29.8 Å². The Morgan fingerprint density at radius 3 is 2.94 bits per heavy atom. The highest BCUT2D eigenvalue weighted by Gasteiger charge is 2.28. The predicted octanol–water partition coefficient (Wildman–Crippen LogP) is 1.99. The maximum atomic E-state index is 11.4. The van der Waals surface area contributed by atoms with Crippen LogP contribution in [0.15, 0.2) is 24.3 Å². The van der Waals surface area contributed by atoms with Gasteiger partial charge in [0.05, 0.1) is 12.7 Å². The third kappa shape index (κ3) is 3.01. The van der Waals surface area contributed by atoms with Crippen molar-refractivity contribution in [1.82, 2.24) is 5.32 Å². The summed E-state index contributed by atoms with van der Waals surface area (Å²) in [6.45, 7) is 3.96. The molecule has 1 saturated heterocycles. The molecule has 0 aliphatic carbocycles. The van der Waals surface area contributed by atoms with E-state index in [0.29, 0.717) is 11.3 Å². The van der Waals surface area contributed by atoms with E-state index in [4.69, 9.17) is 9.47 Å². The lowest BCUT2D eigenvalue weighted by atomic mass is 9.96. The molecule has 0 saturated carbocycles. The van der Waals surface area contributed by atoms with Crippen molar-refractivity contribution < 1.29 is 14.3 Å². The van der Waals surface area contributed by atoms with Gasteiger partial charge in [0.2, 0.25) is 0 Å². The Hall–Kier alpha value is -1.55. The molecular weight excluding hydrogens is 230 g/mol. The number of rotatable bonds is 3. The van der Waals surface area contributed by atoms with E-state index in [0.717, 1.165) is 25.9 Å². The maximum absolute atomic E-state index is 11.4. The fourth-order valence-electron chi connectivity index (χ4n) is 2.20. The van der Waals surface area contributed by atoms with E-state index in [1.807, 2.05) is 6.07 Å². The molecule has 98 valence electrons. The maximum Gasteiger partial charge on any atom is 0.337 e. The van der Waals surface area contributed by atoms with Crippen LogP contribution < -0.4 is 10.1 Å². The summed E-state index contributed by atoms with van der Waals surface area (Å²) in [6.07, 6.45) is 2.12. The van der Waals surface area contributed by atoms with Crippen LogP contribution in [0.3, 0.4) is 0 Å². The smallest absolute Gasteiger partial charge is 0.337 e. The topological polar surface area (TPSA) is 47.6 Å². The van der Waals surface area contributed by atoms with Crippen LogP contribution in [0, 0.1) is 0 Å². The Morgan fingerprint density at radius 1 is 1.44 bits per heavy atom. The molecule has 4 heteroatoms. The van der Waals surface area contributed by atoms with E-state index in [9.17, 15) is 4.79 Å². The van der Waals surface area contributed by atoms with Crippen molar-refractivity contribution in [3.63, 3.8) is 0 Å². The van der Waals surface area contributed by atoms with Crippen molar-refractivity contribution >= 4 is 5.97 Å². The van der Waals surface area contributed by atoms with Gasteiger partial charge in [0.1, 0.15) is 11.4 Å². The third-order valence-electron chi connectivity index (χ3n) is 3.18. The highest BCUT2D eigenvalue weighted by Crippen LogP contribution is 2.25. The lowest BCUT2D eigenvalue weighted by molar-refractivity contribution is 0.0574. The van der Waals surface area contributed by atoms with E-state index >= 15 is 0 Å². The Labute approximate surface area is 107 Å². The van der Waals surface area contributed by atoms with E-state index in [-0.39, 0.29) is 11.6 Å². The quantitative estimate of drug-likeness (QED) is 0.832. The van der Waals surface area contributed by atoms with Crippen LogP contribution in [0.2, 0.25) is 0 Å². The minimum absolute atomic E-state index is 0.201. The van der Waals surface area contributed by atoms with Gasteiger partial charge < -0.3 is 14.8 Å². The first-order valence-corrected chi connectivity index (χ1v) is 6.21. The predicted molar refractivity (Wildman–Crippen MR) is 68.9 cm³/mol. The van der Waals surface area contributed by atoms with Crippen LogP contribution in [-0.2, 0) is 4.74 Å². The fourth-order valence-corrected chi connectivity index (χ4v) is 2.20. The number of benzene rings is 1. The van der Waals surface area contributed by atoms with Gasteiger partial charge in [-0.3, -0.25) is 0 Å². The molecule has 1 N–H and O–H groups in total. The molecule has 18 heavy (non-hydrogen) atoms. The molecule has 4 nitrogen and oxygen atoms in total. The molecule has 0 spiro atoms. The number of methoxy groups -OCH3 is 1. The molecule has 1 aliphatic rings. The van der Waals surface area contributed by atoms with Crippen LogP contribution in [0.4, 0.5) is 0 Å². The van der Waals surface area contributed by atoms with E-state index < -0.39 is 0 Å². The van der Waals surface area contributed by atoms with Crippen LogP contribution in [0.5, 0.6) is 5.75 Å². The molecule has 1 heterocycles. The van der Waals surface area contributed by atoms with Gasteiger partial charge in [0.15, 0.2) is 0 Å². The minimum atomic E-state index is -0.340. The summed E-state index contributed by atoms with van der Waals surface area (Å²) in [5.41, 5.74) is 0.315. The molecule has 0 aromatic heterocycles. The lowest BCUT2D eigenvalue weighted by Crippen LogP contribution is -2.47. The summed E-state index contributed by atoms with van der Waals surface area (Å²) < 4.78 is 10.7. The monoisotopic (exact) mass is 249 g/mol. The average molecular weight is 249 g/mol. The molecule has 1 aromatic rings. The molecule has 1 aliphatic heterocycles. The van der Waals surface area contributed by atoms with Gasteiger partial charge in [-0.15, -0.1) is 0 Å². The van der Waals surface area contributed by atoms with Gasteiger partial charge in [-0.05, 0) is 44.5 Å². The normalized spacial score (nSPS) is 23.4. The first-order valence-electron chi connectivity index (χ1n) is 6.21. The minimum Gasteiger partial charge on any atom is -0.486 e. The van der Waals surface area contributed by atoms with Crippen LogP contribution in [0.25, 0.3) is 0 Å². The first-order chi connectivity index (χ1) is 8.63. The molecular formula is C14H19NO3. The van der Waals surface area contributed by atoms with Crippen LogP contribution in [0.1, 0.15) is 30.1 Å². The van der Waals surface area contributed by atoms with Gasteiger partial charge in [-0.2, -0.15) is 0 Å². The number of hydrogen-bond acceptors (Lipinski definition) is 4. The molecule has 1 fully saturated rings. The van der Waals surface area contributed by atoms with E-state index in [2.05, 4.69) is 12.2 Å². The lowest BCUT2D eigenvalue weighted by Gasteiger charge is -2.34. The summed E-state index contributed by atoms with van der Waals surface area (Å²) in [7, 11) is 1.38. The summed E-state index contributed by atoms with van der Waals surface area (Å²) >= 11 is 0. The summed E-state index contributed by atoms with van der Waals surface area (Å²) in [4.78, 5) is 11.4. The Bertz CT molecular complexity index is 425. The van der Waals surface area contributed by atoms with E-state index in [1.54, 1.807) is 18.2 Å². The second-order valence-corrected chi connectivity index (χ2v) is 4.85. The standard InChI is InChI=1S/C14H19NO3/c1-14(7-4-8-15-10-14)18-12-6-3-5-11(9-12)13(16)17-2/h3,5-6,9,15H,4,7-8,10H2,1-2H3. The molecule has 1 atom stereocenters. The SMILES string of the molecule is COC(=O)c1cccc(OC2(C)CCCNC2)c1. The molecule has 1 unspecified atom stereocenters. The second-order valence-electron chi connectivity index (χ2n) is 4.85. The summed E-state index contributed by atoms with van der Waals surface area (Å²) in [5, 5.41) is 3.33. The molecule has 0 amide bonds. The first kappa shape index (κ1) is 12.9. The van der Waals surface area contributed by atoms with Crippen molar-refractivity contribution in [2.75, 3.05) is 20.2 Å². The zero-order chi connectivity index (χ0) is 13.0. The third-order valence-corrected chi connectivity index (χ3v) is 3.18. The number of carbonyl (C=O) groups is 1. The highest BCUT2D eigenvalue weighted by atomic mass is 16.5. The second kappa shape index (κ2) is 5.40. The number of piperidine rings is 1. The highest BCUT2D eigenvalue weighted by molar-refractivity contribution is 5.89. The van der Waals surface area contributed by atoms with Crippen LogP contribution >= 0.6 is 0 Å². The van der Waals surface area contributed by atoms with Gasteiger partial charge in [0, 0.05) is 6.54 Å². The zero-order valence-electron chi connectivity index (χ0n) is 10.9. The van der Waals surface area contributed by atoms with Crippen molar-refractivity contribution in [3.8, 4) is 5.75 Å². The van der Waals surface area contributed by atoms with E-state index in [1.165, 1.54) is 7.11 Å². The number of nitrogens with one attached hydrogen (secondary N) is 1.